The molecule has 0 unspecified atom stereocenters. The molecule has 1 aromatic heterocycles. The summed E-state index contributed by atoms with van der Waals surface area (Å²) in [7, 11) is 1.85. The molecule has 8 heteroatoms. The Kier molecular flexibility index (Phi) is 6.34. The van der Waals surface area contributed by atoms with Gasteiger partial charge >= 0.3 is 0 Å². The van der Waals surface area contributed by atoms with Crippen LogP contribution in [0.15, 0.2) is 36.4 Å². The lowest BCUT2D eigenvalue weighted by Gasteiger charge is -2.14. The molecule has 0 saturated carbocycles. The van der Waals surface area contributed by atoms with E-state index in [9.17, 15) is 14.9 Å². The number of aryl methyl sites for hydroxylation is 2. The number of hydrogen-bond donors (Lipinski definition) is 1. The zero-order chi connectivity index (χ0) is 21.8. The molecule has 0 radical (unpaired) electrons. The van der Waals surface area contributed by atoms with Gasteiger partial charge in [-0.05, 0) is 36.1 Å². The van der Waals surface area contributed by atoms with E-state index in [0.717, 1.165) is 28.2 Å². The largest absolute Gasteiger partial charge is 0.483 e. The van der Waals surface area contributed by atoms with Crippen LogP contribution in [-0.4, -0.2) is 33.5 Å². The summed E-state index contributed by atoms with van der Waals surface area (Å²) in [5.41, 5.74) is 3.54. The maximum Gasteiger partial charge on any atom is 0.271 e. The fourth-order valence-electron chi connectivity index (χ4n) is 3.33. The summed E-state index contributed by atoms with van der Waals surface area (Å²) < 4.78 is 7.63. The molecule has 0 bridgehead atoms. The second kappa shape index (κ2) is 8.94. The average Bonchev–Trinajstić information content (AvgIpc) is 3.01. The maximum atomic E-state index is 12.2. The van der Waals surface area contributed by atoms with E-state index in [-0.39, 0.29) is 18.2 Å². The van der Waals surface area contributed by atoms with Gasteiger partial charge < -0.3 is 14.6 Å². The molecule has 1 amide bonds. The number of carbonyl (C=O) groups is 1. The van der Waals surface area contributed by atoms with Gasteiger partial charge in [0.1, 0.15) is 11.6 Å². The second-order valence-corrected chi connectivity index (χ2v) is 7.60. The molecule has 0 atom stereocenters. The molecule has 0 aliphatic rings. The second-order valence-electron chi connectivity index (χ2n) is 7.60. The smallest absolute Gasteiger partial charge is 0.271 e. The van der Waals surface area contributed by atoms with Crippen LogP contribution in [0.4, 0.5) is 5.69 Å². The third-order valence-corrected chi connectivity index (χ3v) is 4.99. The number of hydrogen-bond acceptors (Lipinski definition) is 5. The van der Waals surface area contributed by atoms with Crippen molar-refractivity contribution >= 4 is 22.6 Å². The summed E-state index contributed by atoms with van der Waals surface area (Å²) >= 11 is 0. The zero-order valence-corrected chi connectivity index (χ0v) is 17.6. The Morgan fingerprint density at radius 2 is 2.03 bits per heavy atom. The van der Waals surface area contributed by atoms with Crippen molar-refractivity contribution in [3.05, 3.63) is 63.5 Å². The molecule has 1 heterocycles. The highest BCUT2D eigenvalue weighted by Crippen LogP contribution is 2.27. The summed E-state index contributed by atoms with van der Waals surface area (Å²) in [6.07, 6.45) is 0.506. The quantitative estimate of drug-likeness (QED) is 0.451. The van der Waals surface area contributed by atoms with Crippen LogP contribution in [-0.2, 0) is 18.3 Å². The molecule has 0 aliphatic carbocycles. The molecule has 3 aromatic rings. The molecule has 158 valence electrons. The number of non-ortho nitro benzene ring substituents is 1. The zero-order valence-electron chi connectivity index (χ0n) is 17.6. The van der Waals surface area contributed by atoms with Gasteiger partial charge in [-0.2, -0.15) is 0 Å². The van der Waals surface area contributed by atoms with E-state index in [2.05, 4.69) is 24.1 Å². The molecule has 0 saturated heterocycles. The van der Waals surface area contributed by atoms with Crippen molar-refractivity contribution in [3.8, 4) is 5.75 Å². The van der Waals surface area contributed by atoms with E-state index in [1.807, 2.05) is 36.7 Å². The molecule has 8 nitrogen and oxygen atoms in total. The number of aromatic nitrogens is 2. The number of nitro benzene ring substituents is 1. The molecular formula is C22H26N4O4. The van der Waals surface area contributed by atoms with E-state index < -0.39 is 4.92 Å². The Hall–Kier alpha value is -3.42. The van der Waals surface area contributed by atoms with Gasteiger partial charge in [-0.3, -0.25) is 14.9 Å². The average molecular weight is 410 g/mol. The highest BCUT2D eigenvalue weighted by Gasteiger charge is 2.13. The van der Waals surface area contributed by atoms with E-state index in [1.165, 1.54) is 12.1 Å². The van der Waals surface area contributed by atoms with Gasteiger partial charge in [-0.25, -0.2) is 4.98 Å². The summed E-state index contributed by atoms with van der Waals surface area (Å²) in [6, 6.07) is 10.6. The van der Waals surface area contributed by atoms with Crippen LogP contribution in [0.1, 0.15) is 36.7 Å². The maximum absolute atomic E-state index is 12.2. The van der Waals surface area contributed by atoms with Crippen LogP contribution in [0.2, 0.25) is 0 Å². The van der Waals surface area contributed by atoms with E-state index in [1.54, 1.807) is 6.07 Å². The third-order valence-electron chi connectivity index (χ3n) is 4.99. The number of rotatable bonds is 8. The first-order chi connectivity index (χ1) is 14.3. The predicted molar refractivity (Wildman–Crippen MR) is 115 cm³/mol. The number of nitrogens with zero attached hydrogens (tertiary/aromatic N) is 3. The monoisotopic (exact) mass is 410 g/mol. The number of amides is 1. The van der Waals surface area contributed by atoms with Crippen molar-refractivity contribution in [2.75, 3.05) is 13.2 Å². The number of benzene rings is 2. The molecule has 0 fully saturated rings. The minimum absolute atomic E-state index is 0.00881. The summed E-state index contributed by atoms with van der Waals surface area (Å²) in [5.74, 6) is 1.57. The number of nitrogens with one attached hydrogen (secondary N) is 1. The first kappa shape index (κ1) is 21.3. The minimum Gasteiger partial charge on any atom is -0.483 e. The summed E-state index contributed by atoms with van der Waals surface area (Å²) in [5, 5.41) is 13.8. The Morgan fingerprint density at radius 1 is 1.27 bits per heavy atom. The Labute approximate surface area is 175 Å². The van der Waals surface area contributed by atoms with Gasteiger partial charge in [-0.15, -0.1) is 0 Å². The number of imidazole rings is 1. The SMILES string of the molecule is Cc1ccc(C(C)C)c(OCC(=O)NCCc2nc3cc([N+](=O)[O-])ccc3n2C)c1. The lowest BCUT2D eigenvalue weighted by molar-refractivity contribution is -0.384. The molecule has 0 spiro atoms. The fourth-order valence-corrected chi connectivity index (χ4v) is 3.33. The lowest BCUT2D eigenvalue weighted by Crippen LogP contribution is -2.31. The first-order valence-corrected chi connectivity index (χ1v) is 9.86. The van der Waals surface area contributed by atoms with Crippen molar-refractivity contribution < 1.29 is 14.5 Å². The molecule has 3 rings (SSSR count). The number of nitro groups is 1. The van der Waals surface area contributed by atoms with Crippen molar-refractivity contribution in [2.24, 2.45) is 7.05 Å². The Bertz CT molecular complexity index is 1090. The highest BCUT2D eigenvalue weighted by atomic mass is 16.6. The number of ether oxygens (including phenoxy) is 1. The van der Waals surface area contributed by atoms with Crippen molar-refractivity contribution in [1.29, 1.82) is 0 Å². The van der Waals surface area contributed by atoms with Crippen LogP contribution in [0.25, 0.3) is 11.0 Å². The van der Waals surface area contributed by atoms with Crippen molar-refractivity contribution in [3.63, 3.8) is 0 Å². The minimum atomic E-state index is -0.438. The van der Waals surface area contributed by atoms with E-state index in [4.69, 9.17) is 4.74 Å². The topological polar surface area (TPSA) is 99.3 Å². The van der Waals surface area contributed by atoms with Crippen LogP contribution >= 0.6 is 0 Å². The molecule has 0 aliphatic heterocycles. The number of fused-ring (bicyclic) bond motifs is 1. The standard InChI is InChI=1S/C22H26N4O4/c1-14(2)17-7-5-15(3)11-20(17)30-13-22(27)23-10-9-21-24-18-12-16(26(28)29)6-8-19(18)25(21)4/h5-8,11-12,14H,9-10,13H2,1-4H3,(H,23,27). The molecule has 1 N–H and O–H groups in total. The predicted octanol–water partition coefficient (Wildman–Crippen LogP) is 3.65. The molecule has 30 heavy (non-hydrogen) atoms. The van der Waals surface area contributed by atoms with Crippen LogP contribution in [0.3, 0.4) is 0 Å². The van der Waals surface area contributed by atoms with E-state index >= 15 is 0 Å². The Morgan fingerprint density at radius 3 is 2.73 bits per heavy atom. The molecule has 2 aromatic carbocycles. The van der Waals surface area contributed by atoms with Gasteiger partial charge in [0.05, 0.1) is 16.0 Å². The van der Waals surface area contributed by atoms with Gasteiger partial charge in [0.15, 0.2) is 6.61 Å². The number of carbonyl (C=O) groups excluding carboxylic acids is 1. The first-order valence-electron chi connectivity index (χ1n) is 9.86. The van der Waals surface area contributed by atoms with Crippen LogP contribution in [0, 0.1) is 17.0 Å². The van der Waals surface area contributed by atoms with Gasteiger partial charge in [-0.1, -0.05) is 26.0 Å². The fraction of sp³-hybridized carbons (Fsp3) is 0.364. The van der Waals surface area contributed by atoms with Crippen molar-refractivity contribution in [1.82, 2.24) is 14.9 Å². The van der Waals surface area contributed by atoms with Crippen LogP contribution in [0.5, 0.6) is 5.75 Å². The third kappa shape index (κ3) is 4.76. The van der Waals surface area contributed by atoms with Gasteiger partial charge in [0.2, 0.25) is 0 Å². The highest BCUT2D eigenvalue weighted by molar-refractivity contribution is 5.79. The summed E-state index contributed by atoms with van der Waals surface area (Å²) in [4.78, 5) is 27.2. The summed E-state index contributed by atoms with van der Waals surface area (Å²) in [6.45, 7) is 6.50. The van der Waals surface area contributed by atoms with Gasteiger partial charge in [0.25, 0.3) is 11.6 Å². The van der Waals surface area contributed by atoms with E-state index in [0.29, 0.717) is 24.4 Å². The lowest BCUT2D eigenvalue weighted by atomic mass is 10.0. The van der Waals surface area contributed by atoms with Crippen molar-refractivity contribution in [2.45, 2.75) is 33.1 Å². The normalized spacial score (nSPS) is 11.1. The Balaban J connectivity index is 1.57. The molecular weight excluding hydrogens is 384 g/mol. The van der Waals surface area contributed by atoms with Gasteiger partial charge in [0, 0.05) is 32.1 Å². The van der Waals surface area contributed by atoms with Crippen LogP contribution < -0.4 is 10.1 Å².